The lowest BCUT2D eigenvalue weighted by Gasteiger charge is -2.18. The molecule has 0 bridgehead atoms. The van der Waals surface area contributed by atoms with E-state index in [-0.39, 0.29) is 5.41 Å². The zero-order valence-electron chi connectivity index (χ0n) is 10.6. The minimum absolute atomic E-state index is 0.0929. The van der Waals surface area contributed by atoms with Gasteiger partial charge in [0.1, 0.15) is 0 Å². The lowest BCUT2D eigenvalue weighted by atomic mass is 9.83. The van der Waals surface area contributed by atoms with Gasteiger partial charge in [0.15, 0.2) is 0 Å². The van der Waals surface area contributed by atoms with Crippen LogP contribution in [0.5, 0.6) is 0 Å². The molecule has 1 aliphatic rings. The van der Waals surface area contributed by atoms with Crippen LogP contribution in [0.2, 0.25) is 0 Å². The van der Waals surface area contributed by atoms with Crippen molar-refractivity contribution in [3.05, 3.63) is 65.9 Å². The number of hydrogen-bond acceptors (Lipinski definition) is 0. The molecule has 0 aliphatic carbocycles. The van der Waals surface area contributed by atoms with E-state index in [4.69, 9.17) is 0 Å². The third-order valence-electron chi connectivity index (χ3n) is 4.17. The van der Waals surface area contributed by atoms with Crippen LogP contribution in [0.3, 0.4) is 0 Å². The van der Waals surface area contributed by atoms with Gasteiger partial charge in [-0.1, -0.05) is 50.2 Å². The Balaban J connectivity index is 2.21. The second-order valence-corrected chi connectivity index (χ2v) is 5.57. The van der Waals surface area contributed by atoms with E-state index in [2.05, 4.69) is 73.0 Å². The Morgan fingerprint density at radius 1 is 0.889 bits per heavy atom. The van der Waals surface area contributed by atoms with Crippen LogP contribution in [-0.2, 0) is 5.41 Å². The predicted octanol–water partition coefficient (Wildman–Crippen LogP) is 4.27. The Hall–Kier alpha value is -2.02. The second kappa shape index (κ2) is 3.05. The normalized spacial score (nSPS) is 15.7. The highest BCUT2D eigenvalue weighted by molar-refractivity contribution is 5.86. The molecule has 1 heteroatoms. The van der Waals surface area contributed by atoms with Crippen molar-refractivity contribution in [3.63, 3.8) is 0 Å². The van der Waals surface area contributed by atoms with Crippen molar-refractivity contribution < 1.29 is 0 Å². The maximum atomic E-state index is 2.41. The van der Waals surface area contributed by atoms with Gasteiger partial charge in [-0.2, -0.15) is 0 Å². The Bertz CT molecular complexity index is 762. The Kier molecular flexibility index (Phi) is 1.69. The summed E-state index contributed by atoms with van der Waals surface area (Å²) in [4.78, 5) is 0. The van der Waals surface area contributed by atoms with E-state index in [1.807, 2.05) is 0 Å². The molecule has 4 rings (SSSR count). The van der Waals surface area contributed by atoms with Gasteiger partial charge in [-0.3, -0.25) is 0 Å². The van der Waals surface area contributed by atoms with Crippen LogP contribution in [0.4, 0.5) is 0 Å². The van der Waals surface area contributed by atoms with E-state index in [1.165, 1.54) is 27.8 Å². The first-order chi connectivity index (χ1) is 8.69. The summed E-state index contributed by atoms with van der Waals surface area (Å²) < 4.78 is 2.41. The standard InChI is InChI=1S/C17H15N/c1-17(2)13-8-4-6-10-15(13)18-14-9-5-3-7-12(14)11-16(17)18/h3-11H,1-2H3. The average Bonchev–Trinajstić information content (AvgIpc) is 2.87. The van der Waals surface area contributed by atoms with Gasteiger partial charge in [0.2, 0.25) is 0 Å². The lowest BCUT2D eigenvalue weighted by Crippen LogP contribution is -2.14. The highest BCUT2D eigenvalue weighted by Crippen LogP contribution is 2.45. The number of benzene rings is 2. The minimum Gasteiger partial charge on any atom is -0.312 e. The average molecular weight is 233 g/mol. The van der Waals surface area contributed by atoms with Crippen LogP contribution in [0.25, 0.3) is 16.6 Å². The van der Waals surface area contributed by atoms with Gasteiger partial charge in [-0.25, -0.2) is 0 Å². The van der Waals surface area contributed by atoms with E-state index in [1.54, 1.807) is 0 Å². The first-order valence-corrected chi connectivity index (χ1v) is 6.40. The quantitative estimate of drug-likeness (QED) is 0.546. The van der Waals surface area contributed by atoms with Crippen LogP contribution in [0, 0.1) is 0 Å². The molecule has 0 unspecified atom stereocenters. The maximum absolute atomic E-state index is 2.41. The molecule has 1 aliphatic heterocycles. The maximum Gasteiger partial charge on any atom is 0.0531 e. The topological polar surface area (TPSA) is 4.93 Å². The molecule has 0 fully saturated rings. The van der Waals surface area contributed by atoms with E-state index >= 15 is 0 Å². The van der Waals surface area contributed by atoms with Crippen molar-refractivity contribution in [3.8, 4) is 5.69 Å². The van der Waals surface area contributed by atoms with Crippen molar-refractivity contribution >= 4 is 10.9 Å². The van der Waals surface area contributed by atoms with Gasteiger partial charge in [-0.15, -0.1) is 0 Å². The second-order valence-electron chi connectivity index (χ2n) is 5.57. The molecule has 3 aromatic rings. The summed E-state index contributed by atoms with van der Waals surface area (Å²) in [7, 11) is 0. The molecule has 0 radical (unpaired) electrons. The molecule has 18 heavy (non-hydrogen) atoms. The molecular formula is C17H15N. The molecule has 0 N–H and O–H groups in total. The van der Waals surface area contributed by atoms with Gasteiger partial charge in [-0.05, 0) is 23.8 Å². The van der Waals surface area contributed by atoms with Crippen molar-refractivity contribution in [2.75, 3.05) is 0 Å². The zero-order valence-corrected chi connectivity index (χ0v) is 10.6. The summed E-state index contributed by atoms with van der Waals surface area (Å²) in [5.74, 6) is 0. The Morgan fingerprint density at radius 2 is 1.61 bits per heavy atom. The number of rotatable bonds is 0. The highest BCUT2D eigenvalue weighted by atomic mass is 15.0. The Morgan fingerprint density at radius 3 is 2.50 bits per heavy atom. The van der Waals surface area contributed by atoms with Crippen LogP contribution in [-0.4, -0.2) is 4.57 Å². The molecule has 2 heterocycles. The Labute approximate surface area is 107 Å². The third kappa shape index (κ3) is 1.02. The first kappa shape index (κ1) is 9.95. The molecule has 0 saturated heterocycles. The number of hydrogen-bond donors (Lipinski definition) is 0. The van der Waals surface area contributed by atoms with E-state index in [0.717, 1.165) is 0 Å². The molecule has 1 aromatic heterocycles. The summed E-state index contributed by atoms with van der Waals surface area (Å²) in [5, 5.41) is 1.33. The number of nitrogens with zero attached hydrogens (tertiary/aromatic N) is 1. The summed E-state index contributed by atoms with van der Waals surface area (Å²) >= 11 is 0. The lowest BCUT2D eigenvalue weighted by molar-refractivity contribution is 0.645. The van der Waals surface area contributed by atoms with Crippen LogP contribution >= 0.6 is 0 Å². The van der Waals surface area contributed by atoms with E-state index < -0.39 is 0 Å². The van der Waals surface area contributed by atoms with E-state index in [0.29, 0.717) is 0 Å². The largest absolute Gasteiger partial charge is 0.312 e. The summed E-state index contributed by atoms with van der Waals surface area (Å²) in [6.07, 6.45) is 0. The van der Waals surface area contributed by atoms with Gasteiger partial charge < -0.3 is 4.57 Å². The minimum atomic E-state index is 0.0929. The molecule has 2 aromatic carbocycles. The van der Waals surface area contributed by atoms with Crippen LogP contribution in [0.1, 0.15) is 25.1 Å². The number of aromatic nitrogens is 1. The SMILES string of the molecule is CC1(C)c2ccccc2-n2c1cc1ccccc12. The van der Waals surface area contributed by atoms with Gasteiger partial charge >= 0.3 is 0 Å². The predicted molar refractivity (Wildman–Crippen MR) is 75.4 cm³/mol. The zero-order chi connectivity index (χ0) is 12.3. The van der Waals surface area contributed by atoms with Crippen molar-refractivity contribution in [1.82, 2.24) is 4.57 Å². The van der Waals surface area contributed by atoms with Crippen molar-refractivity contribution in [1.29, 1.82) is 0 Å². The summed E-state index contributed by atoms with van der Waals surface area (Å²) in [5.41, 5.74) is 5.55. The van der Waals surface area contributed by atoms with Crippen LogP contribution < -0.4 is 0 Å². The molecule has 88 valence electrons. The molecule has 0 spiro atoms. The van der Waals surface area contributed by atoms with Crippen LogP contribution in [0.15, 0.2) is 54.6 Å². The molecule has 0 amide bonds. The molecule has 1 nitrogen and oxygen atoms in total. The monoisotopic (exact) mass is 233 g/mol. The summed E-state index contributed by atoms with van der Waals surface area (Å²) in [6.45, 7) is 4.62. The molecule has 0 saturated carbocycles. The summed E-state index contributed by atoms with van der Waals surface area (Å²) in [6, 6.07) is 19.7. The number of fused-ring (bicyclic) bond motifs is 5. The first-order valence-electron chi connectivity index (χ1n) is 6.40. The van der Waals surface area contributed by atoms with Gasteiger partial charge in [0.05, 0.1) is 5.52 Å². The fraction of sp³-hybridized carbons (Fsp3) is 0.176. The van der Waals surface area contributed by atoms with E-state index in [9.17, 15) is 0 Å². The van der Waals surface area contributed by atoms with Gasteiger partial charge in [0, 0.05) is 22.2 Å². The molecular weight excluding hydrogens is 218 g/mol. The van der Waals surface area contributed by atoms with Crippen molar-refractivity contribution in [2.45, 2.75) is 19.3 Å². The van der Waals surface area contributed by atoms with Gasteiger partial charge in [0.25, 0.3) is 0 Å². The smallest absolute Gasteiger partial charge is 0.0531 e. The fourth-order valence-electron chi connectivity index (χ4n) is 3.21. The number of para-hydroxylation sites is 2. The highest BCUT2D eigenvalue weighted by Gasteiger charge is 2.36. The molecule has 0 atom stereocenters. The van der Waals surface area contributed by atoms with Crippen molar-refractivity contribution in [2.24, 2.45) is 0 Å². The fourth-order valence-corrected chi connectivity index (χ4v) is 3.21. The third-order valence-corrected chi connectivity index (χ3v) is 4.17.